The van der Waals surface area contributed by atoms with E-state index in [2.05, 4.69) is 63.5 Å². The highest BCUT2D eigenvalue weighted by atomic mass is 32.1. The van der Waals surface area contributed by atoms with E-state index in [1.165, 1.54) is 22.5 Å². The van der Waals surface area contributed by atoms with Crippen LogP contribution < -0.4 is 5.32 Å². The van der Waals surface area contributed by atoms with Crippen LogP contribution in [0.3, 0.4) is 0 Å². The molecule has 0 unspecified atom stereocenters. The van der Waals surface area contributed by atoms with Crippen molar-refractivity contribution in [3.63, 3.8) is 0 Å². The molecular weight excluding hydrogens is 242 g/mol. The van der Waals surface area contributed by atoms with Crippen LogP contribution in [0.2, 0.25) is 0 Å². The van der Waals surface area contributed by atoms with E-state index in [9.17, 15) is 0 Å². The molecule has 0 radical (unpaired) electrons. The van der Waals surface area contributed by atoms with Crippen molar-refractivity contribution in [3.8, 4) is 11.3 Å². The Morgan fingerprint density at radius 1 is 1.06 bits per heavy atom. The molecule has 0 aliphatic carbocycles. The Bertz CT molecular complexity index is 670. The zero-order valence-electron chi connectivity index (χ0n) is 10.1. The molecule has 90 valence electrons. The Morgan fingerprint density at radius 2 is 1.89 bits per heavy atom. The minimum Gasteiger partial charge on any atom is -0.368 e. The number of nitrogens with zero attached hydrogens (tertiary/aromatic N) is 2. The molecule has 0 saturated heterocycles. The average molecular weight is 255 g/mol. The summed E-state index contributed by atoms with van der Waals surface area (Å²) in [6.45, 7) is 2.91. The van der Waals surface area contributed by atoms with Gasteiger partial charge in [-0.15, -0.1) is 0 Å². The molecule has 0 spiro atoms. The molecule has 3 aromatic rings. The van der Waals surface area contributed by atoms with Gasteiger partial charge in [0.2, 0.25) is 0 Å². The molecule has 18 heavy (non-hydrogen) atoms. The molecule has 0 saturated carbocycles. The van der Waals surface area contributed by atoms with Gasteiger partial charge in [0.25, 0.3) is 0 Å². The standard InChI is InChI=1S/C14H13N3S/c1-2-15-14-13(16-18-17-14)12-9-5-7-10-6-3-4-8-11(10)12/h3-9H,2H2,1H3,(H,15,17). The van der Waals surface area contributed by atoms with E-state index in [4.69, 9.17) is 0 Å². The number of hydrogen-bond acceptors (Lipinski definition) is 4. The van der Waals surface area contributed by atoms with Crippen LogP contribution in [-0.4, -0.2) is 15.3 Å². The Hall–Kier alpha value is -1.94. The summed E-state index contributed by atoms with van der Waals surface area (Å²) in [7, 11) is 0. The number of benzene rings is 2. The van der Waals surface area contributed by atoms with Gasteiger partial charge < -0.3 is 5.32 Å². The number of fused-ring (bicyclic) bond motifs is 1. The summed E-state index contributed by atoms with van der Waals surface area (Å²) in [4.78, 5) is 0. The van der Waals surface area contributed by atoms with Crippen molar-refractivity contribution < 1.29 is 0 Å². The van der Waals surface area contributed by atoms with E-state index in [1.54, 1.807) is 0 Å². The third-order valence-corrected chi connectivity index (χ3v) is 3.41. The molecule has 3 nitrogen and oxygen atoms in total. The van der Waals surface area contributed by atoms with Gasteiger partial charge in [-0.1, -0.05) is 42.5 Å². The SMILES string of the molecule is CCNc1nsnc1-c1cccc2ccccc12. The van der Waals surface area contributed by atoms with Gasteiger partial charge in [-0.25, -0.2) is 0 Å². The summed E-state index contributed by atoms with van der Waals surface area (Å²) in [6, 6.07) is 14.6. The smallest absolute Gasteiger partial charge is 0.168 e. The lowest BCUT2D eigenvalue weighted by Gasteiger charge is -2.06. The van der Waals surface area contributed by atoms with Gasteiger partial charge >= 0.3 is 0 Å². The second-order valence-corrected chi connectivity index (χ2v) is 4.55. The maximum absolute atomic E-state index is 4.42. The van der Waals surface area contributed by atoms with E-state index >= 15 is 0 Å². The van der Waals surface area contributed by atoms with Gasteiger partial charge in [-0.05, 0) is 17.7 Å². The Kier molecular flexibility index (Phi) is 2.94. The quantitative estimate of drug-likeness (QED) is 0.773. The predicted octanol–water partition coefficient (Wildman–Crippen LogP) is 3.79. The monoisotopic (exact) mass is 255 g/mol. The normalized spacial score (nSPS) is 10.7. The molecule has 1 N–H and O–H groups in total. The molecule has 0 fully saturated rings. The maximum Gasteiger partial charge on any atom is 0.168 e. The molecule has 3 rings (SSSR count). The van der Waals surface area contributed by atoms with Crippen LogP contribution in [0.5, 0.6) is 0 Å². The van der Waals surface area contributed by atoms with Gasteiger partial charge in [0.15, 0.2) is 5.82 Å². The summed E-state index contributed by atoms with van der Waals surface area (Å²) in [5, 5.41) is 5.70. The van der Waals surface area contributed by atoms with Crippen LogP contribution >= 0.6 is 11.7 Å². The van der Waals surface area contributed by atoms with Gasteiger partial charge in [0.05, 0.1) is 11.7 Å². The number of nitrogens with one attached hydrogen (secondary N) is 1. The minimum atomic E-state index is 0.850. The second kappa shape index (κ2) is 4.74. The zero-order valence-corrected chi connectivity index (χ0v) is 10.9. The van der Waals surface area contributed by atoms with Crippen molar-refractivity contribution in [3.05, 3.63) is 42.5 Å². The number of aromatic nitrogens is 2. The predicted molar refractivity (Wildman–Crippen MR) is 77.0 cm³/mol. The highest BCUT2D eigenvalue weighted by Crippen LogP contribution is 2.31. The molecule has 1 heterocycles. The molecule has 0 atom stereocenters. The van der Waals surface area contributed by atoms with Crippen LogP contribution in [0.4, 0.5) is 5.82 Å². The highest BCUT2D eigenvalue weighted by Gasteiger charge is 2.12. The lowest BCUT2D eigenvalue weighted by Crippen LogP contribution is -1.98. The molecule has 0 aliphatic heterocycles. The third kappa shape index (κ3) is 1.84. The lowest BCUT2D eigenvalue weighted by atomic mass is 10.0. The summed E-state index contributed by atoms with van der Waals surface area (Å²) in [6.07, 6.45) is 0. The fourth-order valence-corrected chi connectivity index (χ4v) is 2.62. The maximum atomic E-state index is 4.42. The van der Waals surface area contributed by atoms with Crippen molar-refractivity contribution in [1.82, 2.24) is 8.75 Å². The van der Waals surface area contributed by atoms with Crippen molar-refractivity contribution in [1.29, 1.82) is 0 Å². The van der Waals surface area contributed by atoms with Crippen LogP contribution in [0.25, 0.3) is 22.0 Å². The number of hydrogen-bond donors (Lipinski definition) is 1. The molecule has 4 heteroatoms. The van der Waals surface area contributed by atoms with Crippen LogP contribution in [0, 0.1) is 0 Å². The zero-order chi connectivity index (χ0) is 12.4. The summed E-state index contributed by atoms with van der Waals surface area (Å²) >= 11 is 1.25. The Balaban J connectivity index is 2.22. The van der Waals surface area contributed by atoms with Crippen molar-refractivity contribution in [2.24, 2.45) is 0 Å². The van der Waals surface area contributed by atoms with Crippen LogP contribution in [0.1, 0.15) is 6.92 Å². The lowest BCUT2D eigenvalue weighted by molar-refractivity contribution is 1.19. The van der Waals surface area contributed by atoms with Crippen molar-refractivity contribution >= 4 is 28.3 Å². The molecular formula is C14H13N3S. The molecule has 0 amide bonds. The van der Waals surface area contributed by atoms with Gasteiger partial charge in [-0.3, -0.25) is 0 Å². The van der Waals surface area contributed by atoms with E-state index in [-0.39, 0.29) is 0 Å². The minimum absolute atomic E-state index is 0.850. The van der Waals surface area contributed by atoms with E-state index in [0.717, 1.165) is 23.6 Å². The second-order valence-electron chi connectivity index (χ2n) is 4.02. The topological polar surface area (TPSA) is 37.8 Å². The first-order valence-corrected chi connectivity index (χ1v) is 6.67. The van der Waals surface area contributed by atoms with Crippen LogP contribution in [0.15, 0.2) is 42.5 Å². The number of anilines is 1. The van der Waals surface area contributed by atoms with E-state index < -0.39 is 0 Å². The molecule has 0 aliphatic rings. The fraction of sp³-hybridized carbons (Fsp3) is 0.143. The highest BCUT2D eigenvalue weighted by molar-refractivity contribution is 6.99. The molecule has 2 aromatic carbocycles. The van der Waals surface area contributed by atoms with E-state index in [0.29, 0.717) is 0 Å². The van der Waals surface area contributed by atoms with Gasteiger partial charge in [0.1, 0.15) is 5.69 Å². The first-order chi connectivity index (χ1) is 8.90. The first kappa shape index (κ1) is 11.2. The van der Waals surface area contributed by atoms with Crippen LogP contribution in [-0.2, 0) is 0 Å². The van der Waals surface area contributed by atoms with Gasteiger partial charge in [0, 0.05) is 12.1 Å². The van der Waals surface area contributed by atoms with Crippen molar-refractivity contribution in [2.45, 2.75) is 6.92 Å². The molecule has 0 bridgehead atoms. The largest absolute Gasteiger partial charge is 0.368 e. The average Bonchev–Trinajstić information content (AvgIpc) is 2.87. The summed E-state index contributed by atoms with van der Waals surface area (Å²) in [5.41, 5.74) is 2.08. The summed E-state index contributed by atoms with van der Waals surface area (Å²) < 4.78 is 8.73. The Morgan fingerprint density at radius 3 is 2.78 bits per heavy atom. The van der Waals surface area contributed by atoms with Gasteiger partial charge in [-0.2, -0.15) is 8.75 Å². The number of rotatable bonds is 3. The van der Waals surface area contributed by atoms with E-state index in [1.807, 2.05) is 0 Å². The third-order valence-electron chi connectivity index (χ3n) is 2.88. The van der Waals surface area contributed by atoms with Crippen molar-refractivity contribution in [2.75, 3.05) is 11.9 Å². The first-order valence-electron chi connectivity index (χ1n) is 5.94. The molecule has 1 aromatic heterocycles. The fourth-order valence-electron chi connectivity index (χ4n) is 2.08. The Labute approximate surface area is 110 Å². The summed E-state index contributed by atoms with van der Waals surface area (Å²) in [5.74, 6) is 0.874.